The fraction of sp³-hybridized carbons (Fsp3) is 0.350. The second-order valence-electron chi connectivity index (χ2n) is 6.88. The summed E-state index contributed by atoms with van der Waals surface area (Å²) < 4.78 is 40.0. The molecule has 0 bridgehead atoms. The van der Waals surface area contributed by atoms with Crippen LogP contribution in [0.4, 0.5) is 18.9 Å². The highest BCUT2D eigenvalue weighted by Gasteiger charge is 2.34. The number of piperidine rings is 1. The number of anilines is 1. The Morgan fingerprint density at radius 2 is 1.93 bits per heavy atom. The molecule has 0 spiro atoms. The predicted octanol–water partition coefficient (Wildman–Crippen LogP) is 5.97. The minimum Gasteiger partial charge on any atom is -0.326 e. The number of carbonyl (C=O) groups excluding carboxylic acids is 1. The van der Waals surface area contributed by atoms with Gasteiger partial charge in [-0.05, 0) is 55.3 Å². The summed E-state index contributed by atoms with van der Waals surface area (Å²) in [6.45, 7) is 2.19. The minimum atomic E-state index is -4.57. The van der Waals surface area contributed by atoms with E-state index in [2.05, 4.69) is 26.1 Å². The van der Waals surface area contributed by atoms with Gasteiger partial charge in [-0.1, -0.05) is 39.7 Å². The van der Waals surface area contributed by atoms with E-state index in [4.69, 9.17) is 11.6 Å². The zero-order chi connectivity index (χ0) is 20.3. The van der Waals surface area contributed by atoms with Crippen LogP contribution in [0.3, 0.4) is 0 Å². The standard InChI is InChI=1S/C20H19BrClF3N2O/c21-15-5-3-13(4-6-15)11-27-9-1-2-14(12-27)19(28)26-16-7-8-18(22)17(10-16)20(23,24)25/h3-8,10,14H,1-2,9,11-12H2,(H,26,28). The number of halogens is 5. The highest BCUT2D eigenvalue weighted by molar-refractivity contribution is 9.10. The monoisotopic (exact) mass is 474 g/mol. The third-order valence-corrected chi connectivity index (χ3v) is 5.59. The zero-order valence-corrected chi connectivity index (χ0v) is 17.2. The quantitative estimate of drug-likeness (QED) is 0.591. The second-order valence-corrected chi connectivity index (χ2v) is 8.21. The van der Waals surface area contributed by atoms with Gasteiger partial charge < -0.3 is 5.32 Å². The maximum absolute atomic E-state index is 13.0. The minimum absolute atomic E-state index is 0.103. The molecule has 3 nitrogen and oxygen atoms in total. The van der Waals surface area contributed by atoms with Crippen molar-refractivity contribution in [1.29, 1.82) is 0 Å². The number of nitrogens with one attached hydrogen (secondary N) is 1. The van der Waals surface area contributed by atoms with Gasteiger partial charge in [-0.2, -0.15) is 13.2 Å². The van der Waals surface area contributed by atoms with Crippen molar-refractivity contribution in [3.05, 3.63) is 63.1 Å². The number of likely N-dealkylation sites (tertiary alicyclic amines) is 1. The van der Waals surface area contributed by atoms with E-state index >= 15 is 0 Å². The molecule has 0 saturated carbocycles. The lowest BCUT2D eigenvalue weighted by molar-refractivity contribution is -0.137. The molecule has 1 unspecified atom stereocenters. The van der Waals surface area contributed by atoms with E-state index in [1.54, 1.807) is 0 Å². The molecule has 8 heteroatoms. The summed E-state index contributed by atoms with van der Waals surface area (Å²) in [6, 6.07) is 11.4. The predicted molar refractivity (Wildman–Crippen MR) is 107 cm³/mol. The number of alkyl halides is 3. The number of rotatable bonds is 4. The van der Waals surface area contributed by atoms with Gasteiger partial charge in [0.2, 0.25) is 5.91 Å². The van der Waals surface area contributed by atoms with Gasteiger partial charge in [-0.3, -0.25) is 9.69 Å². The van der Waals surface area contributed by atoms with Gasteiger partial charge in [-0.15, -0.1) is 0 Å². The first-order chi connectivity index (χ1) is 13.2. The van der Waals surface area contributed by atoms with Gasteiger partial charge in [-0.25, -0.2) is 0 Å². The molecule has 2 aromatic carbocycles. The van der Waals surface area contributed by atoms with Gasteiger partial charge in [0.05, 0.1) is 16.5 Å². The molecule has 1 heterocycles. The van der Waals surface area contributed by atoms with Crippen LogP contribution in [0.25, 0.3) is 0 Å². The van der Waals surface area contributed by atoms with Gasteiger partial charge in [0.15, 0.2) is 0 Å². The average Bonchev–Trinajstić information content (AvgIpc) is 2.64. The van der Waals surface area contributed by atoms with Crippen molar-refractivity contribution in [3.63, 3.8) is 0 Å². The first kappa shape index (κ1) is 21.1. The Morgan fingerprint density at radius 1 is 1.21 bits per heavy atom. The molecule has 1 atom stereocenters. The van der Waals surface area contributed by atoms with Crippen LogP contribution in [0, 0.1) is 5.92 Å². The smallest absolute Gasteiger partial charge is 0.326 e. The average molecular weight is 476 g/mol. The van der Waals surface area contributed by atoms with E-state index in [0.29, 0.717) is 13.0 Å². The largest absolute Gasteiger partial charge is 0.417 e. The number of carbonyl (C=O) groups is 1. The molecule has 1 amide bonds. The first-order valence-corrected chi connectivity index (χ1v) is 10.0. The Labute approximate surface area is 175 Å². The summed E-state index contributed by atoms with van der Waals surface area (Å²) in [6.07, 6.45) is -2.99. The number of hydrogen-bond acceptors (Lipinski definition) is 2. The summed E-state index contributed by atoms with van der Waals surface area (Å²) in [5, 5.41) is 2.23. The van der Waals surface area contributed by atoms with Crippen molar-refractivity contribution in [2.75, 3.05) is 18.4 Å². The van der Waals surface area contributed by atoms with Crippen molar-refractivity contribution < 1.29 is 18.0 Å². The number of nitrogens with zero attached hydrogens (tertiary/aromatic N) is 1. The van der Waals surface area contributed by atoms with Gasteiger partial charge in [0.25, 0.3) is 0 Å². The summed E-state index contributed by atoms with van der Waals surface area (Å²) in [4.78, 5) is 14.8. The van der Waals surface area contributed by atoms with Crippen molar-refractivity contribution in [2.45, 2.75) is 25.6 Å². The topological polar surface area (TPSA) is 32.3 Å². The van der Waals surface area contributed by atoms with Crippen molar-refractivity contribution in [1.82, 2.24) is 4.90 Å². The third kappa shape index (κ3) is 5.49. The SMILES string of the molecule is O=C(Nc1ccc(Cl)c(C(F)(F)F)c1)C1CCCN(Cc2ccc(Br)cc2)C1. The Bertz CT molecular complexity index is 842. The highest BCUT2D eigenvalue weighted by Crippen LogP contribution is 2.36. The van der Waals surface area contributed by atoms with Crippen molar-refractivity contribution >= 4 is 39.1 Å². The van der Waals surface area contributed by atoms with E-state index in [9.17, 15) is 18.0 Å². The second kappa shape index (κ2) is 8.84. The number of amides is 1. The Morgan fingerprint density at radius 3 is 2.61 bits per heavy atom. The van der Waals surface area contributed by atoms with Crippen LogP contribution in [0.1, 0.15) is 24.0 Å². The first-order valence-electron chi connectivity index (χ1n) is 8.87. The van der Waals surface area contributed by atoms with Crippen LogP contribution in [0.15, 0.2) is 46.9 Å². The molecule has 0 aromatic heterocycles. The molecule has 1 fully saturated rings. The normalized spacial score (nSPS) is 18.1. The molecule has 0 radical (unpaired) electrons. The summed E-state index contributed by atoms with van der Waals surface area (Å²) in [5.74, 6) is -0.537. The molecule has 1 saturated heterocycles. The van der Waals surface area contributed by atoms with E-state index in [1.807, 2.05) is 24.3 Å². The van der Waals surface area contributed by atoms with Gasteiger partial charge in [0, 0.05) is 23.2 Å². The molecule has 1 aliphatic rings. The Balaban J connectivity index is 1.63. The Kier molecular flexibility index (Phi) is 6.68. The van der Waals surface area contributed by atoms with Crippen LogP contribution >= 0.6 is 27.5 Å². The number of hydrogen-bond donors (Lipinski definition) is 1. The van der Waals surface area contributed by atoms with E-state index in [-0.39, 0.29) is 22.5 Å². The van der Waals surface area contributed by atoms with Crippen molar-refractivity contribution in [2.24, 2.45) is 5.92 Å². The molecule has 1 N–H and O–H groups in total. The van der Waals surface area contributed by atoms with E-state index in [1.165, 1.54) is 6.07 Å². The highest BCUT2D eigenvalue weighted by atomic mass is 79.9. The maximum Gasteiger partial charge on any atom is 0.417 e. The fourth-order valence-corrected chi connectivity index (χ4v) is 3.81. The van der Waals surface area contributed by atoms with Crippen LogP contribution in [-0.4, -0.2) is 23.9 Å². The van der Waals surface area contributed by atoms with Crippen LogP contribution in [0.5, 0.6) is 0 Å². The van der Waals surface area contributed by atoms with Gasteiger partial charge >= 0.3 is 6.18 Å². The summed E-state index contributed by atoms with van der Waals surface area (Å²) in [7, 11) is 0. The number of benzene rings is 2. The van der Waals surface area contributed by atoms with Crippen molar-refractivity contribution in [3.8, 4) is 0 Å². The fourth-order valence-electron chi connectivity index (χ4n) is 3.33. The third-order valence-electron chi connectivity index (χ3n) is 4.74. The van der Waals surface area contributed by atoms with E-state index < -0.39 is 11.7 Å². The summed E-state index contributed by atoms with van der Waals surface area (Å²) in [5.41, 5.74) is 0.302. The zero-order valence-electron chi connectivity index (χ0n) is 14.9. The Hall–Kier alpha value is -1.57. The van der Waals surface area contributed by atoms with E-state index in [0.717, 1.165) is 41.7 Å². The molecule has 28 heavy (non-hydrogen) atoms. The lowest BCUT2D eigenvalue weighted by atomic mass is 9.96. The molecule has 1 aliphatic heterocycles. The molecule has 2 aromatic rings. The summed E-state index contributed by atoms with van der Waals surface area (Å²) >= 11 is 9.04. The molecular weight excluding hydrogens is 457 g/mol. The van der Waals surface area contributed by atoms with Crippen LogP contribution < -0.4 is 5.32 Å². The molecule has 3 rings (SSSR count). The van der Waals surface area contributed by atoms with Crippen LogP contribution in [-0.2, 0) is 17.5 Å². The van der Waals surface area contributed by atoms with Gasteiger partial charge in [0.1, 0.15) is 0 Å². The lowest BCUT2D eigenvalue weighted by Gasteiger charge is -2.32. The molecular formula is C20H19BrClF3N2O. The van der Waals surface area contributed by atoms with Crippen LogP contribution in [0.2, 0.25) is 5.02 Å². The lowest BCUT2D eigenvalue weighted by Crippen LogP contribution is -2.40. The maximum atomic E-state index is 13.0. The molecule has 0 aliphatic carbocycles. The molecule has 150 valence electrons.